The summed E-state index contributed by atoms with van der Waals surface area (Å²) in [4.78, 5) is 28.0. The second-order valence-corrected chi connectivity index (χ2v) is 5.09. The van der Waals surface area contributed by atoms with E-state index in [0.717, 1.165) is 16.5 Å². The quantitative estimate of drug-likeness (QED) is 0.888. The predicted molar refractivity (Wildman–Crippen MR) is 79.5 cm³/mol. The molecule has 106 valence electrons. The minimum atomic E-state index is -0.464. The van der Waals surface area contributed by atoms with Gasteiger partial charge < -0.3 is 10.6 Å². The van der Waals surface area contributed by atoms with Crippen LogP contribution in [0.1, 0.15) is 25.5 Å². The summed E-state index contributed by atoms with van der Waals surface area (Å²) in [5.74, 6) is -0.0711. The van der Waals surface area contributed by atoms with Crippen LogP contribution in [0.2, 0.25) is 0 Å². The minimum Gasteiger partial charge on any atom is -0.327 e. The number of hydrogen-bond acceptors (Lipinski definition) is 3. The molecule has 1 atom stereocenters. The van der Waals surface area contributed by atoms with Crippen LogP contribution >= 0.6 is 0 Å². The molecule has 1 aromatic carbocycles. The Balaban J connectivity index is 2.13. The lowest BCUT2D eigenvalue weighted by atomic mass is 9.93. The fourth-order valence-corrected chi connectivity index (χ4v) is 2.66. The van der Waals surface area contributed by atoms with Crippen molar-refractivity contribution >= 4 is 22.7 Å². The van der Waals surface area contributed by atoms with E-state index in [1.807, 2.05) is 30.3 Å². The number of carbonyl (C=O) groups excluding carboxylic acids is 2. The van der Waals surface area contributed by atoms with E-state index in [1.54, 1.807) is 13.1 Å². The molecule has 5 heteroatoms. The number of nitrogens with one attached hydrogen (secondary N) is 2. The fraction of sp³-hybridized carbons (Fsp3) is 0.188. The van der Waals surface area contributed by atoms with Gasteiger partial charge in [0.05, 0.1) is 11.6 Å². The maximum absolute atomic E-state index is 11.9. The second-order valence-electron chi connectivity index (χ2n) is 5.09. The van der Waals surface area contributed by atoms with Gasteiger partial charge in [-0.1, -0.05) is 18.2 Å². The molecular weight excluding hydrogens is 266 g/mol. The van der Waals surface area contributed by atoms with E-state index < -0.39 is 6.04 Å². The van der Waals surface area contributed by atoms with E-state index >= 15 is 0 Å². The molecule has 5 nitrogen and oxygen atoms in total. The summed E-state index contributed by atoms with van der Waals surface area (Å²) in [7, 11) is 0. The molecule has 0 saturated carbocycles. The van der Waals surface area contributed by atoms with E-state index in [-0.39, 0.29) is 11.8 Å². The zero-order chi connectivity index (χ0) is 15.0. The van der Waals surface area contributed by atoms with Gasteiger partial charge in [-0.25, -0.2) is 4.79 Å². The first kappa shape index (κ1) is 13.3. The van der Waals surface area contributed by atoms with E-state index in [0.29, 0.717) is 11.3 Å². The van der Waals surface area contributed by atoms with Gasteiger partial charge in [-0.15, -0.1) is 0 Å². The van der Waals surface area contributed by atoms with Crippen LogP contribution in [0, 0.1) is 0 Å². The van der Waals surface area contributed by atoms with Crippen LogP contribution in [-0.2, 0) is 4.79 Å². The highest BCUT2D eigenvalue weighted by Gasteiger charge is 2.29. The lowest BCUT2D eigenvalue weighted by molar-refractivity contribution is -0.114. The van der Waals surface area contributed by atoms with Crippen LogP contribution in [0.3, 0.4) is 0 Å². The molecule has 3 rings (SSSR count). The Hall–Kier alpha value is -2.69. The largest absolute Gasteiger partial charge is 0.327 e. The first-order chi connectivity index (χ1) is 10.1. The first-order valence-electron chi connectivity index (χ1n) is 6.70. The number of allylic oxidation sites excluding steroid dienone is 1. The van der Waals surface area contributed by atoms with Gasteiger partial charge in [0.2, 0.25) is 0 Å². The number of rotatable bonds is 2. The molecule has 1 aromatic heterocycles. The molecule has 2 amide bonds. The third kappa shape index (κ3) is 2.38. The number of amides is 2. The van der Waals surface area contributed by atoms with Crippen LogP contribution < -0.4 is 10.6 Å². The molecule has 0 spiro atoms. The molecule has 2 N–H and O–H groups in total. The van der Waals surface area contributed by atoms with Crippen molar-refractivity contribution < 1.29 is 9.59 Å². The maximum atomic E-state index is 11.9. The number of carbonyl (C=O) groups is 2. The summed E-state index contributed by atoms with van der Waals surface area (Å²) >= 11 is 0. The third-order valence-corrected chi connectivity index (χ3v) is 3.59. The molecular formula is C16H15N3O2. The van der Waals surface area contributed by atoms with E-state index in [1.165, 1.54) is 6.92 Å². The Morgan fingerprint density at radius 2 is 2.05 bits per heavy atom. The van der Waals surface area contributed by atoms with Crippen molar-refractivity contribution in [2.45, 2.75) is 19.9 Å². The van der Waals surface area contributed by atoms with Crippen molar-refractivity contribution in [1.29, 1.82) is 0 Å². The van der Waals surface area contributed by atoms with Gasteiger partial charge in [-0.3, -0.25) is 9.78 Å². The normalized spacial score (nSPS) is 18.4. The number of nitrogens with zero attached hydrogens (tertiary/aromatic N) is 1. The highest BCUT2D eigenvalue weighted by Crippen LogP contribution is 2.28. The number of Topliss-reactive ketones (excluding diaryl/α,β-unsaturated/α-hetero) is 1. The van der Waals surface area contributed by atoms with Crippen LogP contribution in [0.5, 0.6) is 0 Å². The van der Waals surface area contributed by atoms with Gasteiger partial charge in [-0.05, 0) is 31.5 Å². The van der Waals surface area contributed by atoms with Crippen molar-refractivity contribution in [2.24, 2.45) is 0 Å². The lowest BCUT2D eigenvalue weighted by Crippen LogP contribution is -2.44. The van der Waals surface area contributed by atoms with Crippen LogP contribution in [0.25, 0.3) is 10.9 Å². The van der Waals surface area contributed by atoms with Gasteiger partial charge in [0.15, 0.2) is 5.78 Å². The summed E-state index contributed by atoms with van der Waals surface area (Å²) in [6.45, 7) is 3.23. The van der Waals surface area contributed by atoms with Crippen LogP contribution in [0.4, 0.5) is 4.79 Å². The number of fused-ring (bicyclic) bond motifs is 1. The van der Waals surface area contributed by atoms with Crippen LogP contribution in [0.15, 0.2) is 47.8 Å². The molecule has 1 aliphatic heterocycles. The molecule has 21 heavy (non-hydrogen) atoms. The summed E-state index contributed by atoms with van der Waals surface area (Å²) in [6.07, 6.45) is 1.70. The zero-order valence-electron chi connectivity index (χ0n) is 11.8. The average Bonchev–Trinajstić information content (AvgIpc) is 2.45. The van der Waals surface area contributed by atoms with Gasteiger partial charge >= 0.3 is 6.03 Å². The zero-order valence-corrected chi connectivity index (χ0v) is 11.8. The van der Waals surface area contributed by atoms with E-state index in [9.17, 15) is 9.59 Å². The SMILES string of the molecule is CC(=O)C1=C(C)NC(=O)N[C@H]1c1cnc2ccccc2c1. The standard InChI is InChI=1S/C16H15N3O2/c1-9-14(10(2)20)15(19-16(21)18-9)12-7-11-5-3-4-6-13(11)17-8-12/h3-8,15H,1-2H3,(H2,18,19,21)/t15-/m0/s1. The molecule has 0 bridgehead atoms. The summed E-state index contributed by atoms with van der Waals surface area (Å²) in [5, 5.41) is 6.40. The lowest BCUT2D eigenvalue weighted by Gasteiger charge is -2.27. The number of para-hydroxylation sites is 1. The first-order valence-corrected chi connectivity index (χ1v) is 6.70. The molecule has 0 radical (unpaired) electrons. The number of ketones is 1. The van der Waals surface area contributed by atoms with Crippen molar-refractivity contribution in [3.05, 3.63) is 53.4 Å². The van der Waals surface area contributed by atoms with Crippen molar-refractivity contribution in [1.82, 2.24) is 15.6 Å². The fourth-order valence-electron chi connectivity index (χ4n) is 2.66. The van der Waals surface area contributed by atoms with Crippen molar-refractivity contribution in [3.63, 3.8) is 0 Å². The Morgan fingerprint density at radius 1 is 1.29 bits per heavy atom. The number of hydrogen-bond donors (Lipinski definition) is 2. The van der Waals surface area contributed by atoms with Crippen molar-refractivity contribution in [3.8, 4) is 0 Å². The monoisotopic (exact) mass is 281 g/mol. The van der Waals surface area contributed by atoms with Gasteiger partial charge in [0.25, 0.3) is 0 Å². The molecule has 0 saturated heterocycles. The summed E-state index contributed by atoms with van der Waals surface area (Å²) in [6, 6.07) is 8.92. The van der Waals surface area contributed by atoms with Gasteiger partial charge in [0, 0.05) is 22.9 Å². The Labute approximate surface area is 122 Å². The minimum absolute atomic E-state index is 0.0711. The highest BCUT2D eigenvalue weighted by molar-refractivity contribution is 5.98. The maximum Gasteiger partial charge on any atom is 0.319 e. The van der Waals surface area contributed by atoms with Crippen LogP contribution in [-0.4, -0.2) is 16.8 Å². The number of benzene rings is 1. The molecule has 0 aliphatic carbocycles. The molecule has 2 heterocycles. The molecule has 0 unspecified atom stereocenters. The van der Waals surface area contributed by atoms with Crippen molar-refractivity contribution in [2.75, 3.05) is 0 Å². The Kier molecular flexibility index (Phi) is 3.17. The van der Waals surface area contributed by atoms with E-state index in [2.05, 4.69) is 15.6 Å². The Bertz CT molecular complexity index is 780. The second kappa shape index (κ2) is 5.01. The average molecular weight is 281 g/mol. The Morgan fingerprint density at radius 3 is 2.81 bits per heavy atom. The van der Waals surface area contributed by atoms with E-state index in [4.69, 9.17) is 0 Å². The topological polar surface area (TPSA) is 71.1 Å². The summed E-state index contributed by atoms with van der Waals surface area (Å²) in [5.41, 5.74) is 2.83. The number of aromatic nitrogens is 1. The van der Waals surface area contributed by atoms with Gasteiger partial charge in [-0.2, -0.15) is 0 Å². The molecule has 2 aromatic rings. The summed E-state index contributed by atoms with van der Waals surface area (Å²) < 4.78 is 0. The smallest absolute Gasteiger partial charge is 0.319 e. The highest BCUT2D eigenvalue weighted by atomic mass is 16.2. The number of urea groups is 1. The molecule has 1 aliphatic rings. The van der Waals surface area contributed by atoms with Gasteiger partial charge in [0.1, 0.15) is 0 Å². The third-order valence-electron chi connectivity index (χ3n) is 3.59. The predicted octanol–water partition coefficient (Wildman–Crippen LogP) is 2.45. The number of pyridine rings is 1. The molecule has 0 fully saturated rings.